The number of rotatable bonds is 4. The highest BCUT2D eigenvalue weighted by Gasteiger charge is 2.32. The normalized spacial score (nSPS) is 21.5. The van der Waals surface area contributed by atoms with E-state index in [0.29, 0.717) is 11.5 Å². The largest absolute Gasteiger partial charge is 0.493 e. The minimum atomic E-state index is 0.0250. The Labute approximate surface area is 113 Å². The van der Waals surface area contributed by atoms with Crippen molar-refractivity contribution in [2.45, 2.75) is 25.8 Å². The number of nitrogens with one attached hydrogen (secondary N) is 1. The van der Waals surface area contributed by atoms with E-state index in [2.05, 4.69) is 5.32 Å². The minimum Gasteiger partial charge on any atom is -0.493 e. The molecule has 1 fully saturated rings. The first-order chi connectivity index (χ1) is 9.05. The second-order valence-electron chi connectivity index (χ2n) is 4.94. The van der Waals surface area contributed by atoms with Gasteiger partial charge in [0.05, 0.1) is 14.2 Å². The molecule has 1 amide bonds. The predicted molar refractivity (Wildman–Crippen MR) is 73.6 cm³/mol. The molecule has 1 aliphatic carbocycles. The van der Waals surface area contributed by atoms with Crippen LogP contribution in [0.1, 0.15) is 18.4 Å². The van der Waals surface area contributed by atoms with Gasteiger partial charge < -0.3 is 20.5 Å². The van der Waals surface area contributed by atoms with E-state index >= 15 is 0 Å². The summed E-state index contributed by atoms with van der Waals surface area (Å²) in [5, 5.41) is 2.93. The summed E-state index contributed by atoms with van der Waals surface area (Å²) in [7, 11) is 3.16. The lowest BCUT2D eigenvalue weighted by molar-refractivity contribution is -0.122. The molecule has 104 valence electrons. The zero-order valence-electron chi connectivity index (χ0n) is 11.5. The first-order valence-electron chi connectivity index (χ1n) is 6.34. The van der Waals surface area contributed by atoms with E-state index in [0.717, 1.165) is 24.1 Å². The fourth-order valence-corrected chi connectivity index (χ4v) is 2.23. The molecule has 0 aliphatic heterocycles. The number of hydrogen-bond donors (Lipinski definition) is 2. The van der Waals surface area contributed by atoms with Crippen molar-refractivity contribution in [3.05, 3.63) is 17.7 Å². The molecule has 0 radical (unpaired) electrons. The summed E-state index contributed by atoms with van der Waals surface area (Å²) >= 11 is 0. The van der Waals surface area contributed by atoms with Crippen LogP contribution in [0.2, 0.25) is 0 Å². The maximum absolute atomic E-state index is 12.0. The average Bonchev–Trinajstić information content (AvgIpc) is 2.36. The van der Waals surface area contributed by atoms with Gasteiger partial charge in [0.15, 0.2) is 11.5 Å². The van der Waals surface area contributed by atoms with Crippen LogP contribution in [0.25, 0.3) is 0 Å². The Morgan fingerprint density at radius 2 is 1.84 bits per heavy atom. The number of carbonyl (C=O) groups excluding carboxylic acids is 1. The topological polar surface area (TPSA) is 73.6 Å². The fourth-order valence-electron chi connectivity index (χ4n) is 2.23. The Morgan fingerprint density at radius 3 is 2.37 bits per heavy atom. The Hall–Kier alpha value is -1.75. The molecule has 19 heavy (non-hydrogen) atoms. The van der Waals surface area contributed by atoms with Crippen molar-refractivity contribution in [1.82, 2.24) is 0 Å². The van der Waals surface area contributed by atoms with E-state index < -0.39 is 0 Å². The van der Waals surface area contributed by atoms with Gasteiger partial charge >= 0.3 is 0 Å². The summed E-state index contributed by atoms with van der Waals surface area (Å²) in [5.74, 6) is 1.32. The lowest BCUT2D eigenvalue weighted by Gasteiger charge is -2.31. The van der Waals surface area contributed by atoms with Crippen LogP contribution >= 0.6 is 0 Å². The molecule has 2 rings (SSSR count). The highest BCUT2D eigenvalue weighted by Crippen LogP contribution is 2.34. The third-order valence-corrected chi connectivity index (χ3v) is 3.53. The van der Waals surface area contributed by atoms with Gasteiger partial charge in [0, 0.05) is 23.7 Å². The highest BCUT2D eigenvalue weighted by atomic mass is 16.5. The molecule has 1 aromatic carbocycles. The molecule has 5 heteroatoms. The van der Waals surface area contributed by atoms with Crippen LogP contribution in [0.3, 0.4) is 0 Å². The zero-order chi connectivity index (χ0) is 14.0. The van der Waals surface area contributed by atoms with E-state index in [1.807, 2.05) is 13.0 Å². The summed E-state index contributed by atoms with van der Waals surface area (Å²) in [6, 6.07) is 3.80. The standard InChI is InChI=1S/C14H20N2O3/c1-8-4-12(18-2)13(19-3)7-11(8)16-14(17)9-5-10(15)6-9/h4,7,9-10H,5-6,15H2,1-3H3,(H,16,17). The van der Waals surface area contributed by atoms with E-state index in [4.69, 9.17) is 15.2 Å². The number of benzene rings is 1. The number of aryl methyl sites for hydroxylation is 1. The van der Waals surface area contributed by atoms with Crippen molar-refractivity contribution in [2.75, 3.05) is 19.5 Å². The van der Waals surface area contributed by atoms with Crippen molar-refractivity contribution in [1.29, 1.82) is 0 Å². The van der Waals surface area contributed by atoms with Gasteiger partial charge in [0.25, 0.3) is 0 Å². The number of nitrogens with two attached hydrogens (primary N) is 1. The third kappa shape index (κ3) is 2.81. The molecule has 5 nitrogen and oxygen atoms in total. The molecule has 0 heterocycles. The Balaban J connectivity index is 2.13. The average molecular weight is 264 g/mol. The SMILES string of the molecule is COc1cc(C)c(NC(=O)C2CC(N)C2)cc1OC. The van der Waals surface area contributed by atoms with Crippen LogP contribution in [0, 0.1) is 12.8 Å². The molecule has 0 bridgehead atoms. The van der Waals surface area contributed by atoms with Crippen LogP contribution in [0.5, 0.6) is 11.5 Å². The Kier molecular flexibility index (Phi) is 3.95. The van der Waals surface area contributed by atoms with Gasteiger partial charge in [-0.25, -0.2) is 0 Å². The van der Waals surface area contributed by atoms with Crippen molar-refractivity contribution < 1.29 is 14.3 Å². The van der Waals surface area contributed by atoms with Crippen molar-refractivity contribution in [2.24, 2.45) is 11.7 Å². The second-order valence-corrected chi connectivity index (χ2v) is 4.94. The van der Waals surface area contributed by atoms with Gasteiger partial charge in [-0.2, -0.15) is 0 Å². The quantitative estimate of drug-likeness (QED) is 0.868. The van der Waals surface area contributed by atoms with E-state index in [9.17, 15) is 4.79 Å². The van der Waals surface area contributed by atoms with Crippen LogP contribution in [0.4, 0.5) is 5.69 Å². The van der Waals surface area contributed by atoms with Gasteiger partial charge in [0.2, 0.25) is 5.91 Å². The Morgan fingerprint density at radius 1 is 1.26 bits per heavy atom. The van der Waals surface area contributed by atoms with Crippen LogP contribution in [-0.2, 0) is 4.79 Å². The lowest BCUT2D eigenvalue weighted by Crippen LogP contribution is -2.42. The predicted octanol–water partition coefficient (Wildman–Crippen LogP) is 1.69. The fraction of sp³-hybridized carbons (Fsp3) is 0.500. The van der Waals surface area contributed by atoms with E-state index in [1.165, 1.54) is 0 Å². The summed E-state index contributed by atoms with van der Waals surface area (Å²) < 4.78 is 10.5. The number of methoxy groups -OCH3 is 2. The molecule has 1 aromatic rings. The van der Waals surface area contributed by atoms with E-state index in [1.54, 1.807) is 20.3 Å². The molecule has 3 N–H and O–H groups in total. The maximum atomic E-state index is 12.0. The van der Waals surface area contributed by atoms with Gasteiger partial charge in [-0.3, -0.25) is 4.79 Å². The van der Waals surface area contributed by atoms with Crippen LogP contribution in [0.15, 0.2) is 12.1 Å². The van der Waals surface area contributed by atoms with Crippen molar-refractivity contribution >= 4 is 11.6 Å². The first-order valence-corrected chi connectivity index (χ1v) is 6.34. The number of carbonyl (C=O) groups is 1. The van der Waals surface area contributed by atoms with E-state index in [-0.39, 0.29) is 17.9 Å². The summed E-state index contributed by atoms with van der Waals surface area (Å²) in [6.07, 6.45) is 1.52. The number of hydrogen-bond acceptors (Lipinski definition) is 4. The molecule has 0 unspecified atom stereocenters. The molecule has 0 atom stereocenters. The minimum absolute atomic E-state index is 0.0250. The smallest absolute Gasteiger partial charge is 0.227 e. The molecular formula is C14H20N2O3. The third-order valence-electron chi connectivity index (χ3n) is 3.53. The monoisotopic (exact) mass is 264 g/mol. The van der Waals surface area contributed by atoms with Crippen LogP contribution in [-0.4, -0.2) is 26.2 Å². The molecule has 0 aromatic heterocycles. The van der Waals surface area contributed by atoms with Crippen molar-refractivity contribution in [3.8, 4) is 11.5 Å². The molecular weight excluding hydrogens is 244 g/mol. The number of ether oxygens (including phenoxy) is 2. The number of amides is 1. The molecule has 1 aliphatic rings. The van der Waals surface area contributed by atoms with Gasteiger partial charge in [-0.05, 0) is 31.4 Å². The summed E-state index contributed by atoms with van der Waals surface area (Å²) in [6.45, 7) is 1.92. The van der Waals surface area contributed by atoms with Crippen LogP contribution < -0.4 is 20.5 Å². The van der Waals surface area contributed by atoms with Crippen molar-refractivity contribution in [3.63, 3.8) is 0 Å². The second kappa shape index (κ2) is 5.48. The zero-order valence-corrected chi connectivity index (χ0v) is 11.5. The molecule has 0 saturated heterocycles. The molecule has 1 saturated carbocycles. The van der Waals surface area contributed by atoms with Gasteiger partial charge in [-0.15, -0.1) is 0 Å². The summed E-state index contributed by atoms with van der Waals surface area (Å²) in [4.78, 5) is 12.0. The highest BCUT2D eigenvalue weighted by molar-refractivity contribution is 5.94. The first kappa shape index (κ1) is 13.7. The van der Waals surface area contributed by atoms with Gasteiger partial charge in [-0.1, -0.05) is 0 Å². The Bertz CT molecular complexity index is 482. The summed E-state index contributed by atoms with van der Waals surface area (Å²) in [5.41, 5.74) is 7.39. The molecule has 0 spiro atoms. The van der Waals surface area contributed by atoms with Gasteiger partial charge in [0.1, 0.15) is 0 Å². The lowest BCUT2D eigenvalue weighted by atomic mass is 9.80. The maximum Gasteiger partial charge on any atom is 0.227 e. The number of anilines is 1.